The van der Waals surface area contributed by atoms with Gasteiger partial charge in [0, 0.05) is 11.6 Å². The van der Waals surface area contributed by atoms with Crippen molar-refractivity contribution in [3.63, 3.8) is 0 Å². The van der Waals surface area contributed by atoms with Crippen molar-refractivity contribution >= 4 is 17.6 Å². The molecule has 0 radical (unpaired) electrons. The summed E-state index contributed by atoms with van der Waals surface area (Å²) in [4.78, 5) is 27.3. The van der Waals surface area contributed by atoms with E-state index < -0.39 is 23.3 Å². The summed E-state index contributed by atoms with van der Waals surface area (Å²) in [6.45, 7) is 14.6. The molecular weight excluding hydrogens is 515 g/mol. The molecule has 4 rings (SSSR count). The number of ether oxygens (including phenoxy) is 4. The number of carbonyl (C=O) groups excluding carboxylic acids is 2. The monoisotopic (exact) mass is 560 g/mol. The van der Waals surface area contributed by atoms with Gasteiger partial charge in [0.1, 0.15) is 12.2 Å². The molecule has 2 fully saturated rings. The van der Waals surface area contributed by atoms with Crippen molar-refractivity contribution in [2.45, 2.75) is 103 Å². The summed E-state index contributed by atoms with van der Waals surface area (Å²) < 4.78 is 38.4. The molecule has 40 heavy (non-hydrogen) atoms. The topological polar surface area (TPSA) is 86.3 Å². The highest BCUT2D eigenvalue weighted by molar-refractivity contribution is 5.79. The Morgan fingerprint density at radius 1 is 1.23 bits per heavy atom. The molecule has 3 aliphatic rings. The normalized spacial score (nSPS) is 27.4. The zero-order chi connectivity index (χ0) is 29.3. The maximum atomic E-state index is 14.7. The summed E-state index contributed by atoms with van der Waals surface area (Å²) in [5, 5.41) is 3.12. The van der Waals surface area contributed by atoms with Crippen LogP contribution in [0.2, 0.25) is 0 Å². The number of hydrogen-bond donors (Lipinski definition) is 1. The van der Waals surface area contributed by atoms with Crippen LogP contribution in [0.3, 0.4) is 0 Å². The molecular formula is C31H45FN2O6. The van der Waals surface area contributed by atoms with Crippen LogP contribution in [-0.2, 0) is 19.0 Å². The molecule has 1 N–H and O–H groups in total. The van der Waals surface area contributed by atoms with Crippen LogP contribution in [0, 0.1) is 11.2 Å². The second kappa shape index (κ2) is 11.7. The molecule has 2 heterocycles. The van der Waals surface area contributed by atoms with Gasteiger partial charge in [-0.2, -0.15) is 0 Å². The molecule has 2 aliphatic heterocycles. The lowest BCUT2D eigenvalue weighted by molar-refractivity contribution is -0.137. The second-order valence-electron chi connectivity index (χ2n) is 13.6. The van der Waals surface area contributed by atoms with Gasteiger partial charge in [-0.1, -0.05) is 39.0 Å². The highest BCUT2D eigenvalue weighted by atomic mass is 19.1. The predicted molar refractivity (Wildman–Crippen MR) is 151 cm³/mol. The summed E-state index contributed by atoms with van der Waals surface area (Å²) in [5.74, 6) is -0.258. The first-order valence-electron chi connectivity index (χ1n) is 14.3. The van der Waals surface area contributed by atoms with Crippen LogP contribution in [-0.4, -0.2) is 72.7 Å². The number of morpholine rings is 1. The molecule has 1 aliphatic carbocycles. The van der Waals surface area contributed by atoms with Gasteiger partial charge >= 0.3 is 6.09 Å². The maximum absolute atomic E-state index is 14.7. The standard InChI is InChI=1S/C31H45FN2O6/c1-20-15-31(19-37-17-26(35)33-31)25(34(20)28(36)40-30(5,6)7)16-38-22-13-11-21(12-14-22)23-9-8-10-24(32)27(23)39-18-29(2,3)4/h8-11,20,22,25H,12-19H2,1-7H3,(H,33,35). The number of amides is 2. The van der Waals surface area contributed by atoms with Gasteiger partial charge in [0.15, 0.2) is 11.6 Å². The van der Waals surface area contributed by atoms with E-state index in [1.807, 2.05) is 33.8 Å². The minimum absolute atomic E-state index is 0.00781. The Bertz CT molecular complexity index is 1120. The number of carbonyl (C=O) groups is 2. The molecule has 0 bridgehead atoms. The van der Waals surface area contributed by atoms with Crippen LogP contribution in [0.25, 0.3) is 5.57 Å². The zero-order valence-electron chi connectivity index (χ0n) is 25.0. The van der Waals surface area contributed by atoms with Crippen molar-refractivity contribution in [2.24, 2.45) is 5.41 Å². The number of nitrogens with zero attached hydrogens (tertiary/aromatic N) is 1. The van der Waals surface area contributed by atoms with Crippen molar-refractivity contribution in [3.8, 4) is 5.75 Å². The van der Waals surface area contributed by atoms with Crippen molar-refractivity contribution in [1.82, 2.24) is 10.2 Å². The molecule has 8 nitrogen and oxygen atoms in total. The van der Waals surface area contributed by atoms with E-state index in [1.54, 1.807) is 11.0 Å². The van der Waals surface area contributed by atoms with Crippen molar-refractivity contribution in [1.29, 1.82) is 0 Å². The average Bonchev–Trinajstić information content (AvgIpc) is 3.10. The van der Waals surface area contributed by atoms with E-state index >= 15 is 0 Å². The van der Waals surface area contributed by atoms with Gasteiger partial charge in [0.2, 0.25) is 5.91 Å². The van der Waals surface area contributed by atoms with Gasteiger partial charge in [-0.25, -0.2) is 9.18 Å². The Morgan fingerprint density at radius 2 is 1.98 bits per heavy atom. The van der Waals surface area contributed by atoms with Crippen LogP contribution >= 0.6 is 0 Å². The van der Waals surface area contributed by atoms with Crippen molar-refractivity contribution in [3.05, 3.63) is 35.7 Å². The Morgan fingerprint density at radius 3 is 2.60 bits per heavy atom. The third-order valence-corrected chi connectivity index (χ3v) is 7.51. The smallest absolute Gasteiger partial charge is 0.410 e. The second-order valence-corrected chi connectivity index (χ2v) is 13.6. The van der Waals surface area contributed by atoms with E-state index in [9.17, 15) is 14.0 Å². The predicted octanol–water partition coefficient (Wildman–Crippen LogP) is 5.49. The maximum Gasteiger partial charge on any atom is 0.410 e. The lowest BCUT2D eigenvalue weighted by Gasteiger charge is -2.41. The number of hydrogen-bond acceptors (Lipinski definition) is 6. The molecule has 2 amide bonds. The van der Waals surface area contributed by atoms with E-state index in [4.69, 9.17) is 18.9 Å². The lowest BCUT2D eigenvalue weighted by Crippen LogP contribution is -2.65. The van der Waals surface area contributed by atoms with Crippen LogP contribution < -0.4 is 10.1 Å². The molecule has 2 saturated heterocycles. The zero-order valence-corrected chi connectivity index (χ0v) is 25.0. The first kappa shape index (κ1) is 30.3. The molecule has 1 spiro atoms. The van der Waals surface area contributed by atoms with Crippen LogP contribution in [0.15, 0.2) is 24.3 Å². The molecule has 1 aromatic carbocycles. The molecule has 222 valence electrons. The third kappa shape index (κ3) is 7.16. The first-order valence-corrected chi connectivity index (χ1v) is 14.3. The van der Waals surface area contributed by atoms with Crippen LogP contribution in [0.4, 0.5) is 9.18 Å². The largest absolute Gasteiger partial charge is 0.489 e. The molecule has 0 aromatic heterocycles. The van der Waals surface area contributed by atoms with Crippen molar-refractivity contribution in [2.75, 3.05) is 26.4 Å². The number of para-hydroxylation sites is 1. The van der Waals surface area contributed by atoms with E-state index in [0.29, 0.717) is 38.2 Å². The SMILES string of the molecule is CC1CC2(COCC(=O)N2)C(COC2CC=C(c3cccc(F)c3OCC(C)(C)C)CC2)N1C(=O)OC(C)(C)C. The fourth-order valence-corrected chi connectivity index (χ4v) is 5.79. The molecule has 4 atom stereocenters. The number of nitrogens with one attached hydrogen (secondary N) is 1. The van der Waals surface area contributed by atoms with Gasteiger partial charge in [-0.15, -0.1) is 0 Å². The summed E-state index contributed by atoms with van der Waals surface area (Å²) in [5.41, 5.74) is 0.343. The van der Waals surface area contributed by atoms with Gasteiger partial charge in [0.05, 0.1) is 37.5 Å². The third-order valence-electron chi connectivity index (χ3n) is 7.51. The highest BCUT2D eigenvalue weighted by Crippen LogP contribution is 2.39. The molecule has 1 aromatic rings. The number of benzene rings is 1. The van der Waals surface area contributed by atoms with Gasteiger partial charge < -0.3 is 24.3 Å². The molecule has 0 saturated carbocycles. The fourth-order valence-electron chi connectivity index (χ4n) is 5.79. The van der Waals surface area contributed by atoms with Gasteiger partial charge in [-0.05, 0) is 70.4 Å². The van der Waals surface area contributed by atoms with Crippen LogP contribution in [0.1, 0.15) is 79.7 Å². The Kier molecular flexibility index (Phi) is 8.85. The quantitative estimate of drug-likeness (QED) is 0.496. The minimum Gasteiger partial charge on any atom is -0.489 e. The minimum atomic E-state index is -0.734. The molecule has 9 heteroatoms. The summed E-state index contributed by atoms with van der Waals surface area (Å²) in [6, 6.07) is 4.45. The van der Waals surface area contributed by atoms with E-state index in [-0.39, 0.29) is 42.5 Å². The fraction of sp³-hybridized carbons (Fsp3) is 0.677. The Balaban J connectivity index is 1.47. The van der Waals surface area contributed by atoms with Gasteiger partial charge in [-0.3, -0.25) is 9.69 Å². The summed E-state index contributed by atoms with van der Waals surface area (Å²) in [6.07, 6.45) is 4.24. The van der Waals surface area contributed by atoms with E-state index in [0.717, 1.165) is 17.6 Å². The average molecular weight is 561 g/mol. The van der Waals surface area contributed by atoms with Gasteiger partial charge in [0.25, 0.3) is 0 Å². The summed E-state index contributed by atoms with van der Waals surface area (Å²) in [7, 11) is 0. The number of likely N-dealkylation sites (tertiary alicyclic amines) is 1. The van der Waals surface area contributed by atoms with E-state index in [2.05, 4.69) is 32.2 Å². The highest BCUT2D eigenvalue weighted by Gasteiger charge is 2.56. The lowest BCUT2D eigenvalue weighted by atomic mass is 9.88. The number of allylic oxidation sites excluding steroid dienone is 1. The summed E-state index contributed by atoms with van der Waals surface area (Å²) >= 11 is 0. The van der Waals surface area contributed by atoms with Crippen molar-refractivity contribution < 1.29 is 32.9 Å². The van der Waals surface area contributed by atoms with E-state index in [1.165, 1.54) is 6.07 Å². The first-order chi connectivity index (χ1) is 18.7. The number of rotatable bonds is 6. The van der Waals surface area contributed by atoms with Crippen LogP contribution in [0.5, 0.6) is 5.75 Å². The Hall–Kier alpha value is -2.65. The molecule has 4 unspecified atom stereocenters. The Labute approximate surface area is 237 Å². The number of halogens is 1.